The highest BCUT2D eigenvalue weighted by Crippen LogP contribution is 2.32. The van der Waals surface area contributed by atoms with Crippen LogP contribution >= 0.6 is 11.6 Å². The maximum Gasteiger partial charge on any atom is 0.416 e. The molecule has 2 heterocycles. The van der Waals surface area contributed by atoms with E-state index in [1.54, 1.807) is 6.92 Å². The third-order valence-electron chi connectivity index (χ3n) is 3.73. The van der Waals surface area contributed by atoms with Crippen molar-refractivity contribution in [3.05, 3.63) is 70.6 Å². The van der Waals surface area contributed by atoms with Crippen LogP contribution in [0.5, 0.6) is 0 Å². The van der Waals surface area contributed by atoms with Crippen molar-refractivity contribution in [3.63, 3.8) is 0 Å². The fourth-order valence-corrected chi connectivity index (χ4v) is 2.68. The molecule has 0 saturated heterocycles. The summed E-state index contributed by atoms with van der Waals surface area (Å²) >= 11 is 5.71. The number of nitrogens with zero attached hydrogens (tertiary/aromatic N) is 4. The molecule has 6 nitrogen and oxygen atoms in total. The summed E-state index contributed by atoms with van der Waals surface area (Å²) in [7, 11) is 0. The molecule has 0 spiro atoms. The largest absolute Gasteiger partial charge is 0.416 e. The number of halogens is 5. The molecule has 3 aromatic rings. The van der Waals surface area contributed by atoms with E-state index in [0.29, 0.717) is 6.07 Å². The van der Waals surface area contributed by atoms with Gasteiger partial charge in [-0.15, -0.1) is 0 Å². The lowest BCUT2D eigenvalue weighted by atomic mass is 10.1. The Morgan fingerprint density at radius 1 is 1.21 bits per heavy atom. The quantitative estimate of drug-likeness (QED) is 0.657. The van der Waals surface area contributed by atoms with Crippen molar-refractivity contribution in [2.45, 2.75) is 19.1 Å². The van der Waals surface area contributed by atoms with E-state index < -0.39 is 29.5 Å². The Morgan fingerprint density at radius 2 is 1.96 bits per heavy atom. The van der Waals surface area contributed by atoms with E-state index in [4.69, 9.17) is 11.6 Å². The summed E-state index contributed by atoms with van der Waals surface area (Å²) in [5, 5.41) is 6.30. The zero-order valence-electron chi connectivity index (χ0n) is 14.2. The van der Waals surface area contributed by atoms with Gasteiger partial charge in [-0.25, -0.2) is 14.4 Å². The summed E-state index contributed by atoms with van der Waals surface area (Å²) in [6.45, 7) is 1.57. The topological polar surface area (TPSA) is 72.7 Å². The van der Waals surface area contributed by atoms with Gasteiger partial charge in [-0.3, -0.25) is 4.79 Å². The second-order valence-corrected chi connectivity index (χ2v) is 6.22. The molecule has 2 aromatic heterocycles. The molecule has 1 amide bonds. The number of hydrogen-bond donors (Lipinski definition) is 1. The second-order valence-electron chi connectivity index (χ2n) is 5.79. The van der Waals surface area contributed by atoms with Crippen molar-refractivity contribution in [2.24, 2.45) is 0 Å². The molecule has 0 aliphatic carbocycles. The SMILES string of the molecule is C[C@H](NC(=O)c1cc(Cl)cc(C(F)(F)F)c1)c1ncnn1-c1ccc(F)cn1. The smallest absolute Gasteiger partial charge is 0.342 e. The predicted molar refractivity (Wildman–Crippen MR) is 91.4 cm³/mol. The van der Waals surface area contributed by atoms with Crippen LogP contribution in [-0.4, -0.2) is 25.7 Å². The van der Waals surface area contributed by atoms with Gasteiger partial charge in [-0.1, -0.05) is 11.6 Å². The Kier molecular flexibility index (Phi) is 5.32. The zero-order chi connectivity index (χ0) is 20.5. The Morgan fingerprint density at radius 3 is 2.61 bits per heavy atom. The van der Waals surface area contributed by atoms with Crippen molar-refractivity contribution < 1.29 is 22.4 Å². The van der Waals surface area contributed by atoms with Gasteiger partial charge in [0.05, 0.1) is 17.8 Å². The summed E-state index contributed by atoms with van der Waals surface area (Å²) in [6.07, 6.45) is -2.43. The van der Waals surface area contributed by atoms with Gasteiger partial charge in [0.15, 0.2) is 11.6 Å². The minimum Gasteiger partial charge on any atom is -0.342 e. The molecular formula is C17H12ClF4N5O. The summed E-state index contributed by atoms with van der Waals surface area (Å²) in [4.78, 5) is 20.3. The van der Waals surface area contributed by atoms with Gasteiger partial charge in [0.1, 0.15) is 12.1 Å². The van der Waals surface area contributed by atoms with Gasteiger partial charge < -0.3 is 5.32 Å². The van der Waals surface area contributed by atoms with E-state index in [-0.39, 0.29) is 22.2 Å². The average molecular weight is 414 g/mol. The lowest BCUT2D eigenvalue weighted by Gasteiger charge is -2.15. The molecule has 0 aliphatic rings. The number of benzene rings is 1. The zero-order valence-corrected chi connectivity index (χ0v) is 15.0. The van der Waals surface area contributed by atoms with Crippen LogP contribution in [0.25, 0.3) is 5.82 Å². The fourth-order valence-electron chi connectivity index (χ4n) is 2.44. The van der Waals surface area contributed by atoms with Gasteiger partial charge in [0.25, 0.3) is 5.91 Å². The number of aromatic nitrogens is 4. The van der Waals surface area contributed by atoms with Gasteiger partial charge >= 0.3 is 6.18 Å². The summed E-state index contributed by atoms with van der Waals surface area (Å²) < 4.78 is 53.1. The lowest BCUT2D eigenvalue weighted by Crippen LogP contribution is -2.29. The molecular weight excluding hydrogens is 402 g/mol. The van der Waals surface area contributed by atoms with E-state index in [1.807, 2.05) is 0 Å². The number of alkyl halides is 3. The van der Waals surface area contributed by atoms with E-state index in [1.165, 1.54) is 23.1 Å². The van der Waals surface area contributed by atoms with E-state index in [0.717, 1.165) is 18.3 Å². The molecule has 0 fully saturated rings. The van der Waals surface area contributed by atoms with Gasteiger partial charge in [-0.2, -0.15) is 23.0 Å². The van der Waals surface area contributed by atoms with Crippen LogP contribution in [0.1, 0.15) is 34.7 Å². The number of hydrogen-bond acceptors (Lipinski definition) is 4. The van der Waals surface area contributed by atoms with Crippen LogP contribution in [0.2, 0.25) is 5.02 Å². The minimum atomic E-state index is -4.64. The molecule has 11 heteroatoms. The van der Waals surface area contributed by atoms with Crippen LogP contribution in [-0.2, 0) is 6.18 Å². The molecule has 28 heavy (non-hydrogen) atoms. The molecule has 0 saturated carbocycles. The van der Waals surface area contributed by atoms with Crippen molar-refractivity contribution >= 4 is 17.5 Å². The first-order valence-electron chi connectivity index (χ1n) is 7.85. The Bertz CT molecular complexity index is 1000. The number of carbonyl (C=O) groups is 1. The standard InChI is InChI=1S/C17H12ClF4N5O/c1-9(15-24-8-25-27(15)14-3-2-13(19)7-23-14)26-16(28)10-4-11(17(20,21)22)6-12(18)5-10/h2-9H,1H3,(H,26,28)/t9-/m0/s1. The molecule has 146 valence electrons. The van der Waals surface area contributed by atoms with Crippen LogP contribution < -0.4 is 5.32 Å². The molecule has 1 aromatic carbocycles. The highest BCUT2D eigenvalue weighted by atomic mass is 35.5. The number of carbonyl (C=O) groups excluding carboxylic acids is 1. The lowest BCUT2D eigenvalue weighted by molar-refractivity contribution is -0.137. The third kappa shape index (κ3) is 4.28. The Labute approximate surface area is 161 Å². The normalized spacial score (nSPS) is 12.6. The van der Waals surface area contributed by atoms with Crippen LogP contribution in [0.15, 0.2) is 42.9 Å². The molecule has 1 N–H and O–H groups in total. The maximum atomic E-state index is 13.0. The third-order valence-corrected chi connectivity index (χ3v) is 3.94. The number of nitrogens with one attached hydrogen (secondary N) is 1. The van der Waals surface area contributed by atoms with Crippen LogP contribution in [0.4, 0.5) is 17.6 Å². The van der Waals surface area contributed by atoms with Gasteiger partial charge in [-0.05, 0) is 37.3 Å². The van der Waals surface area contributed by atoms with Crippen molar-refractivity contribution in [1.29, 1.82) is 0 Å². The Balaban J connectivity index is 1.84. The monoisotopic (exact) mass is 413 g/mol. The highest BCUT2D eigenvalue weighted by molar-refractivity contribution is 6.31. The van der Waals surface area contributed by atoms with Crippen molar-refractivity contribution in [1.82, 2.24) is 25.1 Å². The van der Waals surface area contributed by atoms with E-state index >= 15 is 0 Å². The van der Waals surface area contributed by atoms with E-state index in [9.17, 15) is 22.4 Å². The Hall–Kier alpha value is -3.01. The van der Waals surface area contributed by atoms with Crippen molar-refractivity contribution in [3.8, 4) is 5.82 Å². The number of rotatable bonds is 4. The minimum absolute atomic E-state index is 0.216. The number of pyridine rings is 1. The van der Waals surface area contributed by atoms with Gasteiger partial charge in [0, 0.05) is 10.6 Å². The first-order chi connectivity index (χ1) is 13.1. The van der Waals surface area contributed by atoms with Crippen LogP contribution in [0.3, 0.4) is 0 Å². The van der Waals surface area contributed by atoms with Crippen LogP contribution in [0, 0.1) is 5.82 Å². The highest BCUT2D eigenvalue weighted by Gasteiger charge is 2.32. The second kappa shape index (κ2) is 7.55. The summed E-state index contributed by atoms with van der Waals surface area (Å²) in [6, 6.07) is 4.38. The maximum absolute atomic E-state index is 13.0. The predicted octanol–water partition coefficient (Wildman–Crippen LogP) is 3.96. The molecule has 0 bridgehead atoms. The van der Waals surface area contributed by atoms with E-state index in [2.05, 4.69) is 20.4 Å². The molecule has 0 radical (unpaired) electrons. The average Bonchev–Trinajstić information content (AvgIpc) is 3.11. The fraction of sp³-hybridized carbons (Fsp3) is 0.176. The first-order valence-corrected chi connectivity index (χ1v) is 8.23. The first kappa shape index (κ1) is 19.7. The number of amides is 1. The van der Waals surface area contributed by atoms with Gasteiger partial charge in [0.2, 0.25) is 0 Å². The summed E-state index contributed by atoms with van der Waals surface area (Å²) in [5.74, 6) is -0.794. The molecule has 0 aliphatic heterocycles. The molecule has 3 rings (SSSR count). The van der Waals surface area contributed by atoms with Crippen molar-refractivity contribution in [2.75, 3.05) is 0 Å². The molecule has 0 unspecified atom stereocenters. The molecule has 1 atom stereocenters. The summed E-state index contributed by atoms with van der Waals surface area (Å²) in [5.41, 5.74) is -1.28.